The smallest absolute Gasteiger partial charge is 0.158 e. The second kappa shape index (κ2) is 6.56. The molecular weight excluding hydrogens is 366 g/mol. The Morgan fingerprint density at radius 1 is 1.17 bits per heavy atom. The maximum Gasteiger partial charge on any atom is 0.158 e. The van der Waals surface area contributed by atoms with E-state index >= 15 is 0 Å². The first kappa shape index (κ1) is 16.4. The summed E-state index contributed by atoms with van der Waals surface area (Å²) in [6.07, 6.45) is -0.488. The number of anilines is 1. The molecule has 0 aliphatic rings. The molecule has 0 radical (unpaired) electrons. The summed E-state index contributed by atoms with van der Waals surface area (Å²) in [5, 5.41) is 22.8. The average molecular weight is 382 g/mol. The average Bonchev–Trinajstić information content (AvgIpc) is 2.57. The quantitative estimate of drug-likeness (QED) is 0.670. The summed E-state index contributed by atoms with van der Waals surface area (Å²) in [7, 11) is 0. The Bertz CT molecular complexity index is 962. The molecule has 0 aliphatic heterocycles. The predicted molar refractivity (Wildman–Crippen MR) is 98.4 cm³/mol. The van der Waals surface area contributed by atoms with Crippen molar-refractivity contribution in [2.45, 2.75) is 20.0 Å². The van der Waals surface area contributed by atoms with Crippen LogP contribution in [0.5, 0.6) is 0 Å². The van der Waals surface area contributed by atoms with Crippen LogP contribution < -0.4 is 11.1 Å². The number of benzene rings is 2. The number of aryl methyl sites for hydroxylation is 1. The van der Waals surface area contributed by atoms with Crippen LogP contribution in [0.4, 0.5) is 5.82 Å². The molecular formula is C18H16BrN5. The number of hydrogen-bond acceptors (Lipinski definition) is 5. The van der Waals surface area contributed by atoms with Crippen LogP contribution in [0.15, 0.2) is 40.9 Å². The maximum atomic E-state index is 9.18. The third kappa shape index (κ3) is 2.96. The Labute approximate surface area is 148 Å². The Hall–Kier alpha value is -2.49. The van der Waals surface area contributed by atoms with Gasteiger partial charge in [0.15, 0.2) is 5.82 Å². The van der Waals surface area contributed by atoms with Crippen molar-refractivity contribution in [2.75, 3.05) is 5.32 Å². The van der Waals surface area contributed by atoms with E-state index < -0.39 is 6.17 Å². The largest absolute Gasteiger partial charge is 0.349 e. The molecule has 6 heteroatoms. The zero-order valence-electron chi connectivity index (χ0n) is 13.3. The lowest BCUT2D eigenvalue weighted by atomic mass is 10.0. The molecule has 0 unspecified atom stereocenters. The lowest BCUT2D eigenvalue weighted by Gasteiger charge is -2.18. The van der Waals surface area contributed by atoms with Crippen molar-refractivity contribution < 1.29 is 0 Å². The molecule has 0 spiro atoms. The van der Waals surface area contributed by atoms with Crippen LogP contribution in [-0.4, -0.2) is 10.2 Å². The first-order chi connectivity index (χ1) is 11.5. The van der Waals surface area contributed by atoms with Crippen molar-refractivity contribution in [1.29, 1.82) is 5.26 Å². The highest BCUT2D eigenvalue weighted by atomic mass is 79.9. The highest BCUT2D eigenvalue weighted by Crippen LogP contribution is 2.28. The minimum atomic E-state index is -0.488. The standard InChI is InChI=1S/C18H16BrN5/c1-10-12(9-20)4-3-5-14(10)17(21)22-18-16-8-13(19)6-7-15(16)11(2)23-24-18/h3-8,17H,21H2,1-2H3,(H,22,24)/t17-/m0/s1. The predicted octanol–water partition coefficient (Wildman–Crippen LogP) is 3.95. The van der Waals surface area contributed by atoms with Crippen LogP contribution in [0, 0.1) is 25.2 Å². The number of nitrogens with one attached hydrogen (secondary N) is 1. The Balaban J connectivity index is 2.03. The van der Waals surface area contributed by atoms with E-state index in [0.29, 0.717) is 11.4 Å². The molecule has 1 atom stereocenters. The molecule has 0 saturated heterocycles. The van der Waals surface area contributed by atoms with Crippen LogP contribution in [0.1, 0.15) is 28.6 Å². The van der Waals surface area contributed by atoms with Crippen molar-refractivity contribution in [3.8, 4) is 6.07 Å². The SMILES string of the molecule is Cc1c(C#N)cccc1[C@@H](N)Nc1nnc(C)c2ccc(Br)cc12. The summed E-state index contributed by atoms with van der Waals surface area (Å²) in [5.74, 6) is 0.617. The van der Waals surface area contributed by atoms with Crippen LogP contribution in [0.2, 0.25) is 0 Å². The van der Waals surface area contributed by atoms with E-state index in [2.05, 4.69) is 37.5 Å². The fourth-order valence-corrected chi connectivity index (χ4v) is 3.06. The van der Waals surface area contributed by atoms with Crippen molar-refractivity contribution in [3.63, 3.8) is 0 Å². The molecule has 120 valence electrons. The maximum absolute atomic E-state index is 9.18. The van der Waals surface area contributed by atoms with Gasteiger partial charge >= 0.3 is 0 Å². The van der Waals surface area contributed by atoms with Crippen molar-refractivity contribution in [1.82, 2.24) is 10.2 Å². The van der Waals surface area contributed by atoms with Gasteiger partial charge in [-0.2, -0.15) is 10.4 Å². The van der Waals surface area contributed by atoms with E-state index in [1.165, 1.54) is 0 Å². The molecule has 24 heavy (non-hydrogen) atoms. The van der Waals surface area contributed by atoms with Gasteiger partial charge in [0.05, 0.1) is 17.3 Å². The van der Waals surface area contributed by atoms with E-state index in [0.717, 1.165) is 32.1 Å². The van der Waals surface area contributed by atoms with Crippen LogP contribution in [-0.2, 0) is 0 Å². The van der Waals surface area contributed by atoms with Crippen molar-refractivity contribution in [3.05, 3.63) is 63.3 Å². The van der Waals surface area contributed by atoms with Gasteiger partial charge in [-0.05, 0) is 43.2 Å². The summed E-state index contributed by atoms with van der Waals surface area (Å²) in [5.41, 5.74) is 9.52. The van der Waals surface area contributed by atoms with Gasteiger partial charge in [-0.3, -0.25) is 0 Å². The highest BCUT2D eigenvalue weighted by Gasteiger charge is 2.14. The third-order valence-corrected chi connectivity index (χ3v) is 4.54. The molecule has 0 bridgehead atoms. The lowest BCUT2D eigenvalue weighted by molar-refractivity contribution is 0.812. The van der Waals surface area contributed by atoms with Gasteiger partial charge in [0.2, 0.25) is 0 Å². The van der Waals surface area contributed by atoms with Gasteiger partial charge in [0.1, 0.15) is 6.17 Å². The molecule has 5 nitrogen and oxygen atoms in total. The molecule has 1 heterocycles. The van der Waals surface area contributed by atoms with Gasteiger partial charge in [-0.1, -0.05) is 34.1 Å². The molecule has 3 rings (SSSR count). The van der Waals surface area contributed by atoms with E-state index in [-0.39, 0.29) is 0 Å². The normalized spacial score (nSPS) is 12.0. The van der Waals surface area contributed by atoms with Crippen molar-refractivity contribution >= 4 is 32.5 Å². The second-order valence-electron chi connectivity index (χ2n) is 5.58. The monoisotopic (exact) mass is 381 g/mol. The Kier molecular flexibility index (Phi) is 4.47. The Morgan fingerprint density at radius 3 is 2.71 bits per heavy atom. The van der Waals surface area contributed by atoms with E-state index in [1.807, 2.05) is 44.2 Å². The fourth-order valence-electron chi connectivity index (χ4n) is 2.70. The first-order valence-corrected chi connectivity index (χ1v) is 8.25. The molecule has 3 aromatic rings. The molecule has 0 fully saturated rings. The number of nitrogens with zero attached hydrogens (tertiary/aromatic N) is 3. The minimum Gasteiger partial charge on any atom is -0.349 e. The van der Waals surface area contributed by atoms with E-state index in [9.17, 15) is 5.26 Å². The molecule has 2 aromatic carbocycles. The molecule has 1 aromatic heterocycles. The number of nitrogens with two attached hydrogens (primary N) is 1. The topological polar surface area (TPSA) is 87.6 Å². The summed E-state index contributed by atoms with van der Waals surface area (Å²) in [6.45, 7) is 3.82. The first-order valence-electron chi connectivity index (χ1n) is 7.45. The second-order valence-corrected chi connectivity index (χ2v) is 6.49. The van der Waals surface area contributed by atoms with Gasteiger partial charge in [-0.25, -0.2) is 0 Å². The summed E-state index contributed by atoms with van der Waals surface area (Å²) < 4.78 is 0.960. The zero-order chi connectivity index (χ0) is 17.3. The summed E-state index contributed by atoms with van der Waals surface area (Å²) >= 11 is 3.49. The number of aromatic nitrogens is 2. The van der Waals surface area contributed by atoms with Gasteiger partial charge in [0, 0.05) is 15.2 Å². The van der Waals surface area contributed by atoms with E-state index in [1.54, 1.807) is 6.07 Å². The van der Waals surface area contributed by atoms with Crippen LogP contribution >= 0.6 is 15.9 Å². The fraction of sp³-hybridized carbons (Fsp3) is 0.167. The highest BCUT2D eigenvalue weighted by molar-refractivity contribution is 9.10. The molecule has 3 N–H and O–H groups in total. The molecule has 0 amide bonds. The number of rotatable bonds is 3. The van der Waals surface area contributed by atoms with Crippen LogP contribution in [0.3, 0.4) is 0 Å². The number of fused-ring (bicyclic) bond motifs is 1. The number of halogens is 1. The van der Waals surface area contributed by atoms with Crippen LogP contribution in [0.25, 0.3) is 10.8 Å². The number of nitriles is 1. The zero-order valence-corrected chi connectivity index (χ0v) is 14.9. The van der Waals surface area contributed by atoms with Gasteiger partial charge in [-0.15, -0.1) is 5.10 Å². The van der Waals surface area contributed by atoms with Gasteiger partial charge in [0.25, 0.3) is 0 Å². The molecule has 0 aliphatic carbocycles. The van der Waals surface area contributed by atoms with Crippen molar-refractivity contribution in [2.24, 2.45) is 5.73 Å². The van der Waals surface area contributed by atoms with Gasteiger partial charge < -0.3 is 11.1 Å². The Morgan fingerprint density at radius 2 is 1.96 bits per heavy atom. The summed E-state index contributed by atoms with van der Waals surface area (Å²) in [6, 6.07) is 13.7. The summed E-state index contributed by atoms with van der Waals surface area (Å²) in [4.78, 5) is 0. The lowest BCUT2D eigenvalue weighted by Crippen LogP contribution is -2.22. The molecule has 0 saturated carbocycles. The third-order valence-electron chi connectivity index (χ3n) is 4.05. The van der Waals surface area contributed by atoms with E-state index in [4.69, 9.17) is 5.73 Å². The minimum absolute atomic E-state index is 0.488. The number of hydrogen-bond donors (Lipinski definition) is 2.